The van der Waals surface area contributed by atoms with Gasteiger partial charge in [0.1, 0.15) is 0 Å². The van der Waals surface area contributed by atoms with Crippen LogP contribution in [-0.2, 0) is 11.3 Å². The van der Waals surface area contributed by atoms with E-state index in [9.17, 15) is 9.59 Å². The summed E-state index contributed by atoms with van der Waals surface area (Å²) in [5.74, 6) is 0.0514. The van der Waals surface area contributed by atoms with Crippen molar-refractivity contribution >= 4 is 29.3 Å². The zero-order valence-electron chi connectivity index (χ0n) is 13.7. The number of unbranched alkanes of at least 4 members (excludes halogenated alkanes) is 1. The molecule has 1 unspecified atom stereocenters. The molecule has 130 valence electrons. The van der Waals surface area contributed by atoms with Crippen LogP contribution in [0, 0.1) is 0 Å². The molecule has 0 aliphatic rings. The molecule has 0 aliphatic heterocycles. The fourth-order valence-electron chi connectivity index (χ4n) is 2.24. The van der Waals surface area contributed by atoms with Gasteiger partial charge in [0.15, 0.2) is 5.16 Å². The maximum atomic E-state index is 12.1. The number of aromatic amines is 1. The van der Waals surface area contributed by atoms with Crippen LogP contribution in [0.3, 0.4) is 0 Å². The van der Waals surface area contributed by atoms with Crippen molar-refractivity contribution in [3.8, 4) is 0 Å². The number of hydrogen-bond acceptors (Lipinski definition) is 4. The summed E-state index contributed by atoms with van der Waals surface area (Å²) in [5, 5.41) is 10.5. The van der Waals surface area contributed by atoms with Crippen molar-refractivity contribution in [2.45, 2.75) is 44.4 Å². The fraction of sp³-hybridized carbons (Fsp3) is 0.438. The Kier molecular flexibility index (Phi) is 6.93. The highest BCUT2D eigenvalue weighted by Crippen LogP contribution is 2.22. The Balaban J connectivity index is 1.92. The molecule has 1 aromatic heterocycles. The zero-order valence-corrected chi connectivity index (χ0v) is 15.3. The number of nitrogens with one attached hydrogen (secondary N) is 2. The number of carbonyl (C=O) groups excluding carboxylic acids is 1. The van der Waals surface area contributed by atoms with Gasteiger partial charge in [-0.1, -0.05) is 54.9 Å². The molecule has 0 aliphatic carbocycles. The second-order valence-electron chi connectivity index (χ2n) is 5.42. The number of halogens is 1. The maximum absolute atomic E-state index is 12.1. The van der Waals surface area contributed by atoms with Gasteiger partial charge >= 0.3 is 5.69 Å². The summed E-state index contributed by atoms with van der Waals surface area (Å²) in [7, 11) is 0. The van der Waals surface area contributed by atoms with Crippen LogP contribution in [-0.4, -0.2) is 26.4 Å². The number of carbonyl (C=O) groups is 1. The van der Waals surface area contributed by atoms with E-state index in [-0.39, 0.29) is 23.4 Å². The van der Waals surface area contributed by atoms with Gasteiger partial charge in [-0.05, 0) is 25.0 Å². The fourth-order valence-corrected chi connectivity index (χ4v) is 3.33. The van der Waals surface area contributed by atoms with E-state index in [4.69, 9.17) is 11.6 Å². The molecule has 1 heterocycles. The molecule has 2 rings (SSSR count). The Morgan fingerprint density at radius 2 is 2.21 bits per heavy atom. The summed E-state index contributed by atoms with van der Waals surface area (Å²) in [4.78, 5) is 23.9. The SMILES string of the molecule is CCCCn1c(SCC(=O)NC(C)c2ccccc2Cl)n[nH]c1=O. The van der Waals surface area contributed by atoms with Gasteiger partial charge in [0.05, 0.1) is 11.8 Å². The van der Waals surface area contributed by atoms with Crippen molar-refractivity contribution in [3.05, 3.63) is 45.3 Å². The Hall–Kier alpha value is -1.73. The predicted octanol–water partition coefficient (Wildman–Crippen LogP) is 2.99. The summed E-state index contributed by atoms with van der Waals surface area (Å²) in [6.07, 6.45) is 1.88. The van der Waals surface area contributed by atoms with E-state index < -0.39 is 0 Å². The summed E-state index contributed by atoms with van der Waals surface area (Å²) >= 11 is 7.38. The molecule has 0 saturated carbocycles. The van der Waals surface area contributed by atoms with E-state index in [1.807, 2.05) is 25.1 Å². The van der Waals surface area contributed by atoms with Crippen LogP contribution in [0.5, 0.6) is 0 Å². The van der Waals surface area contributed by atoms with Gasteiger partial charge in [-0.2, -0.15) is 0 Å². The molecule has 2 N–H and O–H groups in total. The van der Waals surface area contributed by atoms with Crippen LogP contribution < -0.4 is 11.0 Å². The monoisotopic (exact) mass is 368 g/mol. The van der Waals surface area contributed by atoms with Gasteiger partial charge in [-0.15, -0.1) is 5.10 Å². The number of rotatable bonds is 8. The van der Waals surface area contributed by atoms with Gasteiger partial charge in [-0.3, -0.25) is 9.36 Å². The van der Waals surface area contributed by atoms with E-state index in [1.165, 1.54) is 11.8 Å². The Morgan fingerprint density at radius 1 is 1.46 bits per heavy atom. The number of H-pyrrole nitrogens is 1. The molecule has 1 aromatic carbocycles. The standard InChI is InChI=1S/C16H21ClN4O2S/c1-3-4-9-21-15(23)19-20-16(21)24-10-14(22)18-11(2)12-7-5-6-8-13(12)17/h5-8,11H,3-4,9-10H2,1-2H3,(H,18,22)(H,19,23). The van der Waals surface area contributed by atoms with E-state index in [0.717, 1.165) is 18.4 Å². The second-order valence-corrected chi connectivity index (χ2v) is 6.77. The topological polar surface area (TPSA) is 79.8 Å². The molecule has 1 atom stereocenters. The molecule has 0 saturated heterocycles. The largest absolute Gasteiger partial charge is 0.349 e. The molecule has 0 spiro atoms. The molecule has 6 nitrogen and oxygen atoms in total. The summed E-state index contributed by atoms with van der Waals surface area (Å²) < 4.78 is 1.57. The third-order valence-electron chi connectivity index (χ3n) is 3.54. The lowest BCUT2D eigenvalue weighted by Gasteiger charge is -2.15. The second kappa shape index (κ2) is 8.94. The first-order valence-electron chi connectivity index (χ1n) is 7.84. The minimum atomic E-state index is -0.240. The van der Waals surface area contributed by atoms with Crippen LogP contribution in [0.25, 0.3) is 0 Å². The molecule has 8 heteroatoms. The molecule has 1 amide bonds. The number of thioether (sulfide) groups is 1. The van der Waals surface area contributed by atoms with Gasteiger partial charge in [0.25, 0.3) is 0 Å². The molecular formula is C16H21ClN4O2S. The van der Waals surface area contributed by atoms with Crippen LogP contribution in [0.2, 0.25) is 5.02 Å². The number of hydrogen-bond donors (Lipinski definition) is 2. The number of amides is 1. The predicted molar refractivity (Wildman–Crippen MR) is 96.5 cm³/mol. The lowest BCUT2D eigenvalue weighted by molar-refractivity contribution is -0.119. The summed E-state index contributed by atoms with van der Waals surface area (Å²) in [6.45, 7) is 4.54. The van der Waals surface area contributed by atoms with Crippen molar-refractivity contribution in [1.29, 1.82) is 0 Å². The maximum Gasteiger partial charge on any atom is 0.343 e. The van der Waals surface area contributed by atoms with Crippen molar-refractivity contribution in [3.63, 3.8) is 0 Å². The molecule has 0 radical (unpaired) electrons. The summed E-state index contributed by atoms with van der Waals surface area (Å²) in [5.41, 5.74) is 0.632. The van der Waals surface area contributed by atoms with Crippen LogP contribution in [0.4, 0.5) is 0 Å². The number of nitrogens with zero attached hydrogens (tertiary/aromatic N) is 2. The molecule has 2 aromatic rings. The number of benzene rings is 1. The van der Waals surface area contributed by atoms with Crippen LogP contribution in [0.15, 0.2) is 34.2 Å². The quantitative estimate of drug-likeness (QED) is 0.702. The van der Waals surface area contributed by atoms with Gasteiger partial charge in [0.2, 0.25) is 5.91 Å². The van der Waals surface area contributed by atoms with Crippen LogP contribution in [0.1, 0.15) is 38.3 Å². The highest BCUT2D eigenvalue weighted by atomic mass is 35.5. The minimum absolute atomic E-state index is 0.134. The Labute approximate surface area is 150 Å². The van der Waals surface area contributed by atoms with E-state index in [2.05, 4.69) is 22.4 Å². The normalized spacial score (nSPS) is 12.1. The first kappa shape index (κ1) is 18.6. The Morgan fingerprint density at radius 3 is 2.92 bits per heavy atom. The van der Waals surface area contributed by atoms with Gasteiger partial charge in [0, 0.05) is 11.6 Å². The highest BCUT2D eigenvalue weighted by Gasteiger charge is 2.14. The zero-order chi connectivity index (χ0) is 17.5. The highest BCUT2D eigenvalue weighted by molar-refractivity contribution is 7.99. The van der Waals surface area contributed by atoms with Gasteiger partial charge < -0.3 is 5.32 Å². The summed E-state index contributed by atoms with van der Waals surface area (Å²) in [6, 6.07) is 7.23. The third-order valence-corrected chi connectivity index (χ3v) is 4.86. The average molecular weight is 369 g/mol. The van der Waals surface area contributed by atoms with E-state index >= 15 is 0 Å². The molecule has 0 bridgehead atoms. The lowest BCUT2D eigenvalue weighted by atomic mass is 10.1. The lowest BCUT2D eigenvalue weighted by Crippen LogP contribution is -2.28. The minimum Gasteiger partial charge on any atom is -0.349 e. The van der Waals surface area contributed by atoms with E-state index in [0.29, 0.717) is 16.7 Å². The van der Waals surface area contributed by atoms with E-state index in [1.54, 1.807) is 10.6 Å². The van der Waals surface area contributed by atoms with Crippen molar-refractivity contribution < 1.29 is 4.79 Å². The van der Waals surface area contributed by atoms with Crippen LogP contribution >= 0.6 is 23.4 Å². The van der Waals surface area contributed by atoms with Gasteiger partial charge in [-0.25, -0.2) is 9.89 Å². The number of aromatic nitrogens is 3. The Bertz CT molecular complexity index is 744. The molecular weight excluding hydrogens is 348 g/mol. The molecule has 0 fully saturated rings. The van der Waals surface area contributed by atoms with Crippen molar-refractivity contribution in [2.75, 3.05) is 5.75 Å². The average Bonchev–Trinajstić information content (AvgIpc) is 2.91. The van der Waals surface area contributed by atoms with Crippen molar-refractivity contribution in [2.24, 2.45) is 0 Å². The third kappa shape index (κ3) is 4.88. The van der Waals surface area contributed by atoms with Crippen molar-refractivity contribution in [1.82, 2.24) is 20.1 Å². The first-order valence-corrected chi connectivity index (χ1v) is 9.21. The smallest absolute Gasteiger partial charge is 0.343 e. The first-order chi connectivity index (χ1) is 11.5. The molecule has 24 heavy (non-hydrogen) atoms.